The Balaban J connectivity index is 2.19. The van der Waals surface area contributed by atoms with Crippen LogP contribution in [0.1, 0.15) is 23.0 Å². The second-order valence-electron chi connectivity index (χ2n) is 3.11. The maximum absolute atomic E-state index is 11.5. The molecule has 0 unspecified atom stereocenters. The first-order valence-electron chi connectivity index (χ1n) is 4.98. The van der Waals surface area contributed by atoms with Gasteiger partial charge in [0.05, 0.1) is 9.21 Å². The zero-order chi connectivity index (χ0) is 11.1. The predicted octanol–water partition coefficient (Wildman–Crippen LogP) is 2.13. The average molecular weight is 247 g/mol. The first-order chi connectivity index (χ1) is 7.24. The molecule has 1 aromatic heterocycles. The molecular formula is C10H15ClN2OS. The van der Waals surface area contributed by atoms with Crippen LogP contribution in [0, 0.1) is 0 Å². The lowest BCUT2D eigenvalue weighted by molar-refractivity contribution is 0.0958. The minimum absolute atomic E-state index is 0.0507. The average Bonchev–Trinajstić information content (AvgIpc) is 2.64. The van der Waals surface area contributed by atoms with Crippen LogP contribution in [0.4, 0.5) is 0 Å². The highest BCUT2D eigenvalue weighted by molar-refractivity contribution is 7.17. The molecule has 2 N–H and O–H groups in total. The summed E-state index contributed by atoms with van der Waals surface area (Å²) < 4.78 is 0.643. The van der Waals surface area contributed by atoms with E-state index < -0.39 is 0 Å². The number of thiophene rings is 1. The maximum Gasteiger partial charge on any atom is 0.261 e. The zero-order valence-electron chi connectivity index (χ0n) is 8.68. The van der Waals surface area contributed by atoms with E-state index in [0.717, 1.165) is 19.5 Å². The van der Waals surface area contributed by atoms with Crippen LogP contribution < -0.4 is 10.6 Å². The number of nitrogens with one attached hydrogen (secondary N) is 2. The fraction of sp³-hybridized carbons (Fsp3) is 0.500. The van der Waals surface area contributed by atoms with E-state index in [4.69, 9.17) is 11.6 Å². The first kappa shape index (κ1) is 12.5. The molecule has 5 heteroatoms. The Hall–Kier alpha value is -0.580. The standard InChI is InChI=1S/C10H15ClN2OS/c1-2-5-12-6-7-13-10(14)8-3-4-9(11)15-8/h3-4,12H,2,5-7H2,1H3,(H,13,14). The lowest BCUT2D eigenvalue weighted by Crippen LogP contribution is -2.31. The van der Waals surface area contributed by atoms with Crippen LogP contribution in [0.5, 0.6) is 0 Å². The van der Waals surface area contributed by atoms with Gasteiger partial charge in [0.15, 0.2) is 0 Å². The van der Waals surface area contributed by atoms with Crippen LogP contribution in [0.3, 0.4) is 0 Å². The summed E-state index contributed by atoms with van der Waals surface area (Å²) in [6.07, 6.45) is 1.11. The van der Waals surface area contributed by atoms with Gasteiger partial charge < -0.3 is 10.6 Å². The largest absolute Gasteiger partial charge is 0.350 e. The molecule has 0 atom stereocenters. The van der Waals surface area contributed by atoms with Gasteiger partial charge in [-0.1, -0.05) is 18.5 Å². The molecule has 1 amide bonds. The third-order valence-electron chi connectivity index (χ3n) is 1.81. The second-order valence-corrected chi connectivity index (χ2v) is 4.82. The van der Waals surface area contributed by atoms with Gasteiger partial charge in [-0.15, -0.1) is 11.3 Å². The van der Waals surface area contributed by atoms with Gasteiger partial charge in [-0.05, 0) is 25.1 Å². The molecule has 0 saturated heterocycles. The molecule has 1 aromatic rings. The number of rotatable bonds is 6. The van der Waals surface area contributed by atoms with Gasteiger partial charge in [0.2, 0.25) is 0 Å². The summed E-state index contributed by atoms with van der Waals surface area (Å²) in [6.45, 7) is 4.55. The van der Waals surface area contributed by atoms with Crippen molar-refractivity contribution in [1.29, 1.82) is 0 Å². The maximum atomic E-state index is 11.5. The highest BCUT2D eigenvalue weighted by atomic mass is 35.5. The zero-order valence-corrected chi connectivity index (χ0v) is 10.3. The van der Waals surface area contributed by atoms with E-state index in [1.54, 1.807) is 12.1 Å². The van der Waals surface area contributed by atoms with E-state index in [1.807, 2.05) is 0 Å². The molecule has 84 valence electrons. The van der Waals surface area contributed by atoms with Crippen molar-refractivity contribution in [2.45, 2.75) is 13.3 Å². The van der Waals surface area contributed by atoms with Gasteiger partial charge in [0.1, 0.15) is 0 Å². The lowest BCUT2D eigenvalue weighted by atomic mass is 10.4. The van der Waals surface area contributed by atoms with E-state index in [-0.39, 0.29) is 5.91 Å². The van der Waals surface area contributed by atoms with Crippen LogP contribution >= 0.6 is 22.9 Å². The molecule has 0 aromatic carbocycles. The molecule has 0 fully saturated rings. The quantitative estimate of drug-likeness (QED) is 0.755. The molecule has 3 nitrogen and oxygen atoms in total. The Labute approximate surface area is 98.8 Å². The Morgan fingerprint density at radius 3 is 2.80 bits per heavy atom. The highest BCUT2D eigenvalue weighted by Gasteiger charge is 2.06. The summed E-state index contributed by atoms with van der Waals surface area (Å²) in [5.41, 5.74) is 0. The number of hydrogen-bond donors (Lipinski definition) is 2. The van der Waals surface area contributed by atoms with E-state index in [2.05, 4.69) is 17.6 Å². The minimum Gasteiger partial charge on any atom is -0.350 e. The van der Waals surface area contributed by atoms with Crippen molar-refractivity contribution in [1.82, 2.24) is 10.6 Å². The summed E-state index contributed by atoms with van der Waals surface area (Å²) in [6, 6.07) is 3.47. The van der Waals surface area contributed by atoms with Crippen molar-refractivity contribution in [3.05, 3.63) is 21.3 Å². The van der Waals surface area contributed by atoms with Crippen LogP contribution in [0.25, 0.3) is 0 Å². The van der Waals surface area contributed by atoms with Crippen molar-refractivity contribution in [2.24, 2.45) is 0 Å². The topological polar surface area (TPSA) is 41.1 Å². The fourth-order valence-corrected chi connectivity index (χ4v) is 2.05. The Bertz CT molecular complexity index is 314. The monoisotopic (exact) mass is 246 g/mol. The van der Waals surface area contributed by atoms with Crippen molar-refractivity contribution in [3.8, 4) is 0 Å². The molecule has 0 bridgehead atoms. The summed E-state index contributed by atoms with van der Waals surface area (Å²) in [4.78, 5) is 12.2. The lowest BCUT2D eigenvalue weighted by Gasteiger charge is -2.04. The molecular weight excluding hydrogens is 232 g/mol. The van der Waals surface area contributed by atoms with Crippen LogP contribution in [-0.4, -0.2) is 25.5 Å². The number of amides is 1. The highest BCUT2D eigenvalue weighted by Crippen LogP contribution is 2.20. The van der Waals surface area contributed by atoms with Gasteiger partial charge in [-0.25, -0.2) is 0 Å². The minimum atomic E-state index is -0.0507. The van der Waals surface area contributed by atoms with Crippen LogP contribution in [0.2, 0.25) is 4.34 Å². The third kappa shape index (κ3) is 4.64. The van der Waals surface area contributed by atoms with Gasteiger partial charge >= 0.3 is 0 Å². The third-order valence-corrected chi connectivity index (χ3v) is 3.04. The van der Waals surface area contributed by atoms with Gasteiger partial charge in [0, 0.05) is 13.1 Å². The van der Waals surface area contributed by atoms with Crippen molar-refractivity contribution >= 4 is 28.8 Å². The molecule has 0 radical (unpaired) electrons. The van der Waals surface area contributed by atoms with Gasteiger partial charge in [-0.3, -0.25) is 4.79 Å². The van der Waals surface area contributed by atoms with Crippen molar-refractivity contribution < 1.29 is 4.79 Å². The normalized spacial score (nSPS) is 10.3. The molecule has 1 heterocycles. The van der Waals surface area contributed by atoms with E-state index >= 15 is 0 Å². The van der Waals surface area contributed by atoms with Crippen molar-refractivity contribution in [3.63, 3.8) is 0 Å². The summed E-state index contributed by atoms with van der Waals surface area (Å²) in [5.74, 6) is -0.0507. The molecule has 0 spiro atoms. The second kappa shape index (κ2) is 6.82. The fourth-order valence-electron chi connectivity index (χ4n) is 1.09. The Morgan fingerprint density at radius 2 is 2.20 bits per heavy atom. The van der Waals surface area contributed by atoms with E-state index in [1.165, 1.54) is 11.3 Å². The number of halogens is 1. The number of hydrogen-bond acceptors (Lipinski definition) is 3. The molecule has 0 aliphatic rings. The Morgan fingerprint density at radius 1 is 1.40 bits per heavy atom. The van der Waals surface area contributed by atoms with Crippen LogP contribution in [0.15, 0.2) is 12.1 Å². The number of carbonyl (C=O) groups is 1. The molecule has 15 heavy (non-hydrogen) atoms. The van der Waals surface area contributed by atoms with Crippen LogP contribution in [-0.2, 0) is 0 Å². The smallest absolute Gasteiger partial charge is 0.261 e. The Kier molecular flexibility index (Phi) is 5.68. The van der Waals surface area contributed by atoms with E-state index in [0.29, 0.717) is 15.8 Å². The van der Waals surface area contributed by atoms with Crippen molar-refractivity contribution in [2.75, 3.05) is 19.6 Å². The van der Waals surface area contributed by atoms with Gasteiger partial charge in [-0.2, -0.15) is 0 Å². The first-order valence-corrected chi connectivity index (χ1v) is 6.17. The molecule has 0 aliphatic heterocycles. The predicted molar refractivity (Wildman–Crippen MR) is 64.8 cm³/mol. The van der Waals surface area contributed by atoms with E-state index in [9.17, 15) is 4.79 Å². The molecule has 0 saturated carbocycles. The SMILES string of the molecule is CCCNCCNC(=O)c1ccc(Cl)s1. The molecule has 0 aliphatic carbocycles. The summed E-state index contributed by atoms with van der Waals surface area (Å²) >= 11 is 7.03. The summed E-state index contributed by atoms with van der Waals surface area (Å²) in [5, 5.41) is 6.03. The van der Waals surface area contributed by atoms with Gasteiger partial charge in [0.25, 0.3) is 5.91 Å². The number of carbonyl (C=O) groups excluding carboxylic acids is 1. The molecule has 1 rings (SSSR count). The summed E-state index contributed by atoms with van der Waals surface area (Å²) in [7, 11) is 0.